The summed E-state index contributed by atoms with van der Waals surface area (Å²) in [5, 5.41) is 0. The lowest BCUT2D eigenvalue weighted by Crippen LogP contribution is -2.42. The van der Waals surface area contributed by atoms with Crippen molar-refractivity contribution < 1.29 is 13.9 Å². The van der Waals surface area contributed by atoms with Crippen LogP contribution < -0.4 is 0 Å². The third-order valence-corrected chi connectivity index (χ3v) is 7.51. The molecule has 0 amide bonds. The van der Waals surface area contributed by atoms with E-state index in [1.54, 1.807) is 12.3 Å². The van der Waals surface area contributed by atoms with E-state index in [-0.39, 0.29) is 29.7 Å². The molecule has 156 valence electrons. The van der Waals surface area contributed by atoms with Crippen LogP contribution in [0.2, 0.25) is 0 Å². The number of carbonyl (C=O) groups excluding carboxylic acids is 1. The van der Waals surface area contributed by atoms with Gasteiger partial charge in [0.2, 0.25) is 0 Å². The Balaban J connectivity index is 1.39. The first-order chi connectivity index (χ1) is 14.6. The van der Waals surface area contributed by atoms with E-state index in [2.05, 4.69) is 24.1 Å². The largest absolute Gasteiger partial charge is 0.462 e. The summed E-state index contributed by atoms with van der Waals surface area (Å²) in [5.74, 6) is 1.73. The van der Waals surface area contributed by atoms with Crippen LogP contribution in [0.1, 0.15) is 44.7 Å². The molecule has 2 aromatic rings. The summed E-state index contributed by atoms with van der Waals surface area (Å²) >= 11 is 0. The van der Waals surface area contributed by atoms with Crippen LogP contribution in [0.25, 0.3) is 17.2 Å². The number of carbonyl (C=O) groups is 1. The maximum Gasteiger partial charge on any atom is 0.309 e. The molecule has 4 heteroatoms. The Labute approximate surface area is 177 Å². The summed E-state index contributed by atoms with van der Waals surface area (Å²) in [5.41, 5.74) is 2.62. The van der Waals surface area contributed by atoms with E-state index in [1.807, 2.05) is 18.2 Å². The molecule has 5 rings (SSSR count). The van der Waals surface area contributed by atoms with Gasteiger partial charge in [-0.1, -0.05) is 43.5 Å². The van der Waals surface area contributed by atoms with Crippen LogP contribution in [0.15, 0.2) is 48.7 Å². The molecule has 1 aromatic carbocycles. The summed E-state index contributed by atoms with van der Waals surface area (Å²) in [6, 6.07) is 10.5. The maximum atomic E-state index is 13.5. The number of benzene rings is 1. The third-order valence-electron chi connectivity index (χ3n) is 7.51. The number of allylic oxidation sites excluding steroid dienone is 1. The number of esters is 1. The normalized spacial score (nSPS) is 33.2. The van der Waals surface area contributed by atoms with Crippen LogP contribution in [-0.4, -0.2) is 17.1 Å². The quantitative estimate of drug-likeness (QED) is 0.597. The van der Waals surface area contributed by atoms with E-state index in [4.69, 9.17) is 4.74 Å². The van der Waals surface area contributed by atoms with Crippen LogP contribution >= 0.6 is 0 Å². The van der Waals surface area contributed by atoms with E-state index in [0.29, 0.717) is 17.8 Å². The fourth-order valence-corrected chi connectivity index (χ4v) is 6.14. The maximum absolute atomic E-state index is 13.5. The molecule has 2 unspecified atom stereocenters. The van der Waals surface area contributed by atoms with Gasteiger partial charge in [0.05, 0.1) is 11.6 Å². The van der Waals surface area contributed by atoms with Crippen molar-refractivity contribution in [2.75, 3.05) is 0 Å². The van der Waals surface area contributed by atoms with E-state index < -0.39 is 0 Å². The van der Waals surface area contributed by atoms with Crippen molar-refractivity contribution in [2.45, 2.75) is 45.1 Å². The Hall–Kier alpha value is -2.49. The van der Waals surface area contributed by atoms with E-state index >= 15 is 0 Å². The number of hydrogen-bond acceptors (Lipinski definition) is 3. The van der Waals surface area contributed by atoms with Gasteiger partial charge in [0.15, 0.2) is 0 Å². The number of fused-ring (bicyclic) bond motifs is 2. The number of ether oxygens (including phenoxy) is 1. The Kier molecular flexibility index (Phi) is 5.18. The average molecular weight is 406 g/mol. The van der Waals surface area contributed by atoms with Gasteiger partial charge >= 0.3 is 5.97 Å². The van der Waals surface area contributed by atoms with Gasteiger partial charge in [-0.25, -0.2) is 4.39 Å². The Morgan fingerprint density at radius 2 is 2.00 bits per heavy atom. The topological polar surface area (TPSA) is 39.2 Å². The number of nitrogens with zero attached hydrogens (tertiary/aromatic N) is 1. The third kappa shape index (κ3) is 3.57. The number of pyridine rings is 1. The van der Waals surface area contributed by atoms with Crippen molar-refractivity contribution in [2.24, 2.45) is 29.6 Å². The van der Waals surface area contributed by atoms with Crippen molar-refractivity contribution in [3.63, 3.8) is 0 Å². The number of rotatable bonds is 3. The van der Waals surface area contributed by atoms with Crippen molar-refractivity contribution in [3.05, 3.63) is 60.2 Å². The van der Waals surface area contributed by atoms with Gasteiger partial charge in [0.25, 0.3) is 0 Å². The zero-order chi connectivity index (χ0) is 20.7. The highest BCUT2D eigenvalue weighted by molar-refractivity contribution is 5.75. The highest BCUT2D eigenvalue weighted by Gasteiger charge is 2.53. The molecule has 1 saturated heterocycles. The number of halogens is 1. The monoisotopic (exact) mass is 405 g/mol. The molecule has 0 bridgehead atoms. The molecule has 2 saturated carbocycles. The first-order valence-electron chi connectivity index (χ1n) is 11.2. The molecular weight excluding hydrogens is 377 g/mol. The highest BCUT2D eigenvalue weighted by atomic mass is 19.1. The molecule has 0 N–H and O–H groups in total. The minimum Gasteiger partial charge on any atom is -0.462 e. The first-order valence-corrected chi connectivity index (χ1v) is 11.2. The predicted octanol–water partition coefficient (Wildman–Crippen LogP) is 5.90. The van der Waals surface area contributed by atoms with Crippen LogP contribution in [-0.2, 0) is 9.53 Å². The zero-order valence-corrected chi connectivity index (χ0v) is 17.3. The standard InChI is InChI=1S/C26H28FNO2/c1-16-25-23(22-8-3-2-5-18(22)14-24(25)26(29)30-16)12-11-21-10-9-19(15-28-21)17-6-4-7-20(27)13-17/h4,6-7,9-13,15-16,18,22-25H,2-3,5,8,14H2,1H3/b12-11+/t16-,18?,22?,23+,24-,25+/m1/s1. The molecule has 2 aliphatic carbocycles. The minimum atomic E-state index is -0.243. The lowest BCUT2D eigenvalue weighted by molar-refractivity contribution is -0.144. The molecule has 0 radical (unpaired) electrons. The van der Waals surface area contributed by atoms with Gasteiger partial charge in [-0.3, -0.25) is 9.78 Å². The fourth-order valence-electron chi connectivity index (χ4n) is 6.14. The molecule has 3 fully saturated rings. The second kappa shape index (κ2) is 7.98. The Morgan fingerprint density at radius 3 is 2.80 bits per heavy atom. The summed E-state index contributed by atoms with van der Waals surface area (Å²) in [4.78, 5) is 17.0. The van der Waals surface area contributed by atoms with E-state index in [9.17, 15) is 9.18 Å². The second-order valence-electron chi connectivity index (χ2n) is 9.19. The SMILES string of the molecule is C[C@H]1OC(=O)[C@@H]2CC3CCCCC3[C@H](/C=C/c3ccc(-c4cccc(F)c4)cn3)[C@H]12. The summed E-state index contributed by atoms with van der Waals surface area (Å²) in [7, 11) is 0. The van der Waals surface area contributed by atoms with Gasteiger partial charge in [-0.15, -0.1) is 0 Å². The van der Waals surface area contributed by atoms with E-state index in [1.165, 1.54) is 37.8 Å². The predicted molar refractivity (Wildman–Crippen MR) is 115 cm³/mol. The Morgan fingerprint density at radius 1 is 1.13 bits per heavy atom. The van der Waals surface area contributed by atoms with Gasteiger partial charge < -0.3 is 4.74 Å². The molecule has 3 aliphatic rings. The van der Waals surface area contributed by atoms with Gasteiger partial charge in [0, 0.05) is 17.7 Å². The van der Waals surface area contributed by atoms with Crippen molar-refractivity contribution >= 4 is 12.0 Å². The molecule has 2 heterocycles. The lowest BCUT2D eigenvalue weighted by Gasteiger charge is -2.45. The molecule has 30 heavy (non-hydrogen) atoms. The van der Waals surface area contributed by atoms with Crippen LogP contribution in [0.4, 0.5) is 4.39 Å². The smallest absolute Gasteiger partial charge is 0.309 e. The highest BCUT2D eigenvalue weighted by Crippen LogP contribution is 2.53. The minimum absolute atomic E-state index is 0.00694. The number of hydrogen-bond donors (Lipinski definition) is 0. The molecule has 0 spiro atoms. The summed E-state index contributed by atoms with van der Waals surface area (Å²) in [6.45, 7) is 2.05. The Bertz CT molecular complexity index is 954. The lowest BCUT2D eigenvalue weighted by atomic mass is 9.57. The molecule has 6 atom stereocenters. The van der Waals surface area contributed by atoms with Crippen molar-refractivity contribution in [3.8, 4) is 11.1 Å². The molecule has 3 nitrogen and oxygen atoms in total. The first kappa shape index (κ1) is 19.5. The van der Waals surface area contributed by atoms with Crippen LogP contribution in [0, 0.1) is 35.4 Å². The molecular formula is C26H28FNO2. The average Bonchev–Trinajstić information content (AvgIpc) is 3.05. The van der Waals surface area contributed by atoms with Crippen LogP contribution in [0.5, 0.6) is 0 Å². The number of aromatic nitrogens is 1. The summed E-state index contributed by atoms with van der Waals surface area (Å²) < 4.78 is 19.1. The van der Waals surface area contributed by atoms with Gasteiger partial charge in [-0.2, -0.15) is 0 Å². The van der Waals surface area contributed by atoms with Crippen molar-refractivity contribution in [1.29, 1.82) is 0 Å². The van der Waals surface area contributed by atoms with Gasteiger partial charge in [-0.05, 0) is 67.4 Å². The molecule has 1 aliphatic heterocycles. The van der Waals surface area contributed by atoms with E-state index in [0.717, 1.165) is 23.2 Å². The second-order valence-corrected chi connectivity index (χ2v) is 9.19. The van der Waals surface area contributed by atoms with Crippen molar-refractivity contribution in [1.82, 2.24) is 4.98 Å². The summed E-state index contributed by atoms with van der Waals surface area (Å²) in [6.07, 6.45) is 12.2. The zero-order valence-electron chi connectivity index (χ0n) is 17.3. The molecule has 1 aromatic heterocycles. The number of cyclic esters (lactones) is 1. The van der Waals surface area contributed by atoms with Gasteiger partial charge in [0.1, 0.15) is 11.9 Å². The fraction of sp³-hybridized carbons (Fsp3) is 0.462. The van der Waals surface area contributed by atoms with Crippen LogP contribution in [0.3, 0.4) is 0 Å².